The first kappa shape index (κ1) is 16.6. The van der Waals surface area contributed by atoms with Crippen molar-refractivity contribution in [3.63, 3.8) is 0 Å². The summed E-state index contributed by atoms with van der Waals surface area (Å²) in [5, 5.41) is 0. The molecule has 0 heterocycles. The van der Waals surface area contributed by atoms with E-state index in [0.717, 1.165) is 12.8 Å². The van der Waals surface area contributed by atoms with E-state index in [1.54, 1.807) is 19.1 Å². The predicted molar refractivity (Wildman–Crippen MR) is 81.7 cm³/mol. The zero-order valence-corrected chi connectivity index (χ0v) is 13.2. The summed E-state index contributed by atoms with van der Waals surface area (Å²) >= 11 is 0. The molecule has 4 heteroatoms. The maximum atomic E-state index is 12.2. The third-order valence-electron chi connectivity index (χ3n) is 3.29. The number of carbonyl (C=O) groups excluding carboxylic acids is 1. The Labute approximate surface area is 121 Å². The Morgan fingerprint density at radius 1 is 1.15 bits per heavy atom. The quantitative estimate of drug-likeness (QED) is 0.569. The molecule has 1 aromatic rings. The molecule has 20 heavy (non-hydrogen) atoms. The van der Waals surface area contributed by atoms with Gasteiger partial charge in [-0.15, -0.1) is 0 Å². The minimum Gasteiger partial charge on any atom is -0.294 e. The minimum atomic E-state index is -3.34. The summed E-state index contributed by atoms with van der Waals surface area (Å²) in [6, 6.07) is 6.22. The van der Waals surface area contributed by atoms with Crippen molar-refractivity contribution in [1.82, 2.24) is 0 Å². The highest BCUT2D eigenvalue weighted by molar-refractivity contribution is 7.91. The van der Waals surface area contributed by atoms with Crippen LogP contribution in [0.4, 0.5) is 0 Å². The van der Waals surface area contributed by atoms with Gasteiger partial charge in [0.25, 0.3) is 0 Å². The van der Waals surface area contributed by atoms with Crippen LogP contribution < -0.4 is 0 Å². The monoisotopic (exact) mass is 294 g/mol. The fourth-order valence-electron chi connectivity index (χ4n) is 2.13. The molecule has 110 valence electrons. The maximum absolute atomic E-state index is 12.2. The van der Waals surface area contributed by atoms with E-state index in [1.165, 1.54) is 12.1 Å². The van der Waals surface area contributed by atoms with E-state index in [1.807, 2.05) is 13.8 Å². The summed E-state index contributed by atoms with van der Waals surface area (Å²) < 4.78 is 24.0. The van der Waals surface area contributed by atoms with Gasteiger partial charge in [-0.05, 0) is 31.9 Å². The summed E-state index contributed by atoms with van der Waals surface area (Å²) in [7, 11) is -3.34. The number of rotatable bonds is 7. The van der Waals surface area contributed by atoms with Gasteiger partial charge in [-0.3, -0.25) is 4.79 Å². The molecular weight excluding hydrogens is 272 g/mol. The van der Waals surface area contributed by atoms with Crippen LogP contribution in [-0.4, -0.2) is 20.0 Å². The van der Waals surface area contributed by atoms with E-state index in [4.69, 9.17) is 0 Å². The minimum absolute atomic E-state index is 0.00729. The lowest BCUT2D eigenvalue weighted by atomic mass is 9.93. The van der Waals surface area contributed by atoms with E-state index in [2.05, 4.69) is 6.58 Å². The highest BCUT2D eigenvalue weighted by atomic mass is 32.2. The van der Waals surface area contributed by atoms with Crippen molar-refractivity contribution in [3.8, 4) is 0 Å². The highest BCUT2D eigenvalue weighted by Gasteiger charge is 2.18. The van der Waals surface area contributed by atoms with E-state index in [9.17, 15) is 13.2 Å². The lowest BCUT2D eigenvalue weighted by Crippen LogP contribution is -2.13. The second-order valence-electron chi connectivity index (χ2n) is 5.12. The van der Waals surface area contributed by atoms with Gasteiger partial charge >= 0.3 is 0 Å². The van der Waals surface area contributed by atoms with Gasteiger partial charge in [0.2, 0.25) is 0 Å². The number of sulfone groups is 1. The molecule has 0 atom stereocenters. The Bertz CT molecular complexity index is 579. The molecule has 0 N–H and O–H groups in total. The molecule has 0 aliphatic heterocycles. The van der Waals surface area contributed by atoms with Crippen LogP contribution in [0.5, 0.6) is 0 Å². The first-order valence-corrected chi connectivity index (χ1v) is 8.48. The number of Topliss-reactive ketones (excluding diaryl/α,β-unsaturated/α-hetero) is 1. The Morgan fingerprint density at radius 3 is 2.05 bits per heavy atom. The zero-order valence-electron chi connectivity index (χ0n) is 12.3. The number of carbonyl (C=O) groups is 1. The van der Waals surface area contributed by atoms with Gasteiger partial charge in [0.15, 0.2) is 15.6 Å². The van der Waals surface area contributed by atoms with Crippen LogP contribution >= 0.6 is 0 Å². The summed E-state index contributed by atoms with van der Waals surface area (Å²) in [4.78, 5) is 12.4. The van der Waals surface area contributed by atoms with Crippen LogP contribution in [0.1, 0.15) is 44.0 Å². The van der Waals surface area contributed by atoms with E-state index in [0.29, 0.717) is 11.1 Å². The first-order valence-electron chi connectivity index (χ1n) is 6.83. The van der Waals surface area contributed by atoms with Crippen molar-refractivity contribution < 1.29 is 13.2 Å². The van der Waals surface area contributed by atoms with Gasteiger partial charge in [-0.1, -0.05) is 38.1 Å². The fraction of sp³-hybridized carbons (Fsp3) is 0.438. The molecule has 0 aliphatic rings. The third kappa shape index (κ3) is 4.04. The predicted octanol–water partition coefficient (Wildman–Crippen LogP) is 3.66. The largest absolute Gasteiger partial charge is 0.294 e. The molecule has 0 radical (unpaired) electrons. The van der Waals surface area contributed by atoms with Gasteiger partial charge in [-0.25, -0.2) is 8.42 Å². The summed E-state index contributed by atoms with van der Waals surface area (Å²) in [5.41, 5.74) is 1.18. The molecule has 0 spiro atoms. The van der Waals surface area contributed by atoms with Crippen molar-refractivity contribution >= 4 is 15.6 Å². The first-order chi connectivity index (χ1) is 9.31. The SMILES string of the molecule is C=C(C)CS(=O)(=O)c1ccc(C(=O)C(CC)CC)cc1. The average Bonchev–Trinajstić information content (AvgIpc) is 2.38. The van der Waals surface area contributed by atoms with Crippen LogP contribution in [-0.2, 0) is 9.84 Å². The molecule has 0 fully saturated rings. The molecule has 0 saturated heterocycles. The van der Waals surface area contributed by atoms with Crippen molar-refractivity contribution in [3.05, 3.63) is 42.0 Å². The van der Waals surface area contributed by atoms with Crippen molar-refractivity contribution in [1.29, 1.82) is 0 Å². The van der Waals surface area contributed by atoms with E-state index in [-0.39, 0.29) is 22.3 Å². The number of hydrogen-bond donors (Lipinski definition) is 0. The lowest BCUT2D eigenvalue weighted by molar-refractivity contribution is 0.0913. The van der Waals surface area contributed by atoms with Gasteiger partial charge in [0.05, 0.1) is 10.6 Å². The Hall–Kier alpha value is -1.42. The van der Waals surface area contributed by atoms with Crippen molar-refractivity contribution in [2.24, 2.45) is 5.92 Å². The van der Waals surface area contributed by atoms with Crippen LogP contribution in [0.25, 0.3) is 0 Å². The Balaban J connectivity index is 3.00. The summed E-state index contributed by atoms with van der Waals surface area (Å²) in [6.07, 6.45) is 1.59. The Morgan fingerprint density at radius 2 is 1.65 bits per heavy atom. The van der Waals surface area contributed by atoms with Crippen LogP contribution in [0.15, 0.2) is 41.3 Å². The van der Waals surface area contributed by atoms with Crippen LogP contribution in [0.2, 0.25) is 0 Å². The van der Waals surface area contributed by atoms with Crippen LogP contribution in [0, 0.1) is 5.92 Å². The molecule has 0 unspecified atom stereocenters. The fourth-order valence-corrected chi connectivity index (χ4v) is 3.50. The topological polar surface area (TPSA) is 51.2 Å². The van der Waals surface area contributed by atoms with E-state index >= 15 is 0 Å². The molecule has 0 aliphatic carbocycles. The van der Waals surface area contributed by atoms with Gasteiger partial charge in [0.1, 0.15) is 0 Å². The molecular formula is C16H22O3S. The zero-order chi connectivity index (χ0) is 15.3. The Kier molecular flexibility index (Phi) is 5.69. The summed E-state index contributed by atoms with van der Waals surface area (Å²) in [5.74, 6) is 0.0269. The molecule has 3 nitrogen and oxygen atoms in total. The van der Waals surface area contributed by atoms with Gasteiger partial charge in [0, 0.05) is 11.5 Å². The maximum Gasteiger partial charge on any atom is 0.182 e. The van der Waals surface area contributed by atoms with Crippen LogP contribution in [0.3, 0.4) is 0 Å². The number of benzene rings is 1. The molecule has 1 aromatic carbocycles. The second-order valence-corrected chi connectivity index (χ2v) is 7.11. The standard InChI is InChI=1S/C16H22O3S/c1-5-13(6-2)16(17)14-7-9-15(10-8-14)20(18,19)11-12(3)4/h7-10,13H,3,5-6,11H2,1-2,4H3. The highest BCUT2D eigenvalue weighted by Crippen LogP contribution is 2.19. The molecule has 0 amide bonds. The normalized spacial score (nSPS) is 11.6. The smallest absolute Gasteiger partial charge is 0.182 e. The van der Waals surface area contributed by atoms with E-state index < -0.39 is 9.84 Å². The number of ketones is 1. The molecule has 1 rings (SSSR count). The lowest BCUT2D eigenvalue weighted by Gasteiger charge is -2.11. The molecule has 0 bridgehead atoms. The summed E-state index contributed by atoms with van der Waals surface area (Å²) in [6.45, 7) is 9.27. The third-order valence-corrected chi connectivity index (χ3v) is 5.15. The molecule has 0 aromatic heterocycles. The van der Waals surface area contributed by atoms with Gasteiger partial charge < -0.3 is 0 Å². The van der Waals surface area contributed by atoms with Crippen molar-refractivity contribution in [2.75, 3.05) is 5.75 Å². The van der Waals surface area contributed by atoms with Crippen molar-refractivity contribution in [2.45, 2.75) is 38.5 Å². The van der Waals surface area contributed by atoms with Gasteiger partial charge in [-0.2, -0.15) is 0 Å². The second kappa shape index (κ2) is 6.84. The average molecular weight is 294 g/mol. The molecule has 0 saturated carbocycles. The number of hydrogen-bond acceptors (Lipinski definition) is 3.